The first-order chi connectivity index (χ1) is 11.8. The van der Waals surface area contributed by atoms with Crippen LogP contribution in [0.25, 0.3) is 0 Å². The molecule has 9 heteroatoms. The van der Waals surface area contributed by atoms with Crippen LogP contribution in [0, 0.1) is 39.9 Å². The van der Waals surface area contributed by atoms with Crippen molar-refractivity contribution < 1.29 is 53.2 Å². The second-order valence-corrected chi connectivity index (χ2v) is 2.80. The summed E-state index contributed by atoms with van der Waals surface area (Å²) in [5.41, 5.74) is 0.997. The molecule has 0 aliphatic heterocycles. The van der Waals surface area contributed by atoms with E-state index in [1.165, 1.54) is 0 Å². The summed E-state index contributed by atoms with van der Waals surface area (Å²) in [6.45, 7) is 27.0. The Labute approximate surface area is 148 Å². The quantitative estimate of drug-likeness (QED) is 0.582. The summed E-state index contributed by atoms with van der Waals surface area (Å²) < 4.78 is 55.9. The van der Waals surface area contributed by atoms with Crippen molar-refractivity contribution in [2.45, 2.75) is 0 Å². The molecule has 1 aromatic carbocycles. The number of ether oxygens (including phenoxy) is 2. The van der Waals surface area contributed by atoms with Crippen molar-refractivity contribution in [2.75, 3.05) is 14.2 Å². The van der Waals surface area contributed by atoms with Crippen molar-refractivity contribution in [3.05, 3.63) is 69.7 Å². The molecule has 0 aliphatic rings. The van der Waals surface area contributed by atoms with Gasteiger partial charge >= 0.3 is 148 Å². The van der Waals surface area contributed by atoms with Gasteiger partial charge in [0.1, 0.15) is 0 Å². The molecule has 124 valence electrons. The fourth-order valence-electron chi connectivity index (χ4n) is 0.868. The van der Waals surface area contributed by atoms with E-state index in [-0.39, 0.29) is 0 Å². The molecular weight excluding hydrogens is 360 g/mol. The van der Waals surface area contributed by atoms with Crippen LogP contribution in [0.2, 0.25) is 0 Å². The Hall–Kier alpha value is -2.18. The SMILES string of the molecule is CO[C](=[Cr])c1cccc(OC)c1.[C-]#[O+].[C-]#[O+].[C-]#[O+].[C-]#[O+].[C-]#[O+].[C-]#[O+]. The normalized spacial score (nSPS) is 5.25. The molecular formula is C15H10CrO8. The number of rotatable bonds is 3. The van der Waals surface area contributed by atoms with Crippen LogP contribution in [-0.4, -0.2) is 18.8 Å². The van der Waals surface area contributed by atoms with Gasteiger partial charge in [-0.3, -0.25) is 0 Å². The molecule has 0 heterocycles. The van der Waals surface area contributed by atoms with Gasteiger partial charge in [-0.1, -0.05) is 0 Å². The molecule has 0 spiro atoms. The van der Waals surface area contributed by atoms with Crippen LogP contribution < -0.4 is 4.74 Å². The number of methoxy groups -OCH3 is 2. The van der Waals surface area contributed by atoms with Crippen LogP contribution in [0.4, 0.5) is 0 Å². The Morgan fingerprint density at radius 2 is 1.17 bits per heavy atom. The maximum atomic E-state index is 7.50. The van der Waals surface area contributed by atoms with Gasteiger partial charge in [-0.15, -0.1) is 0 Å². The molecule has 0 aromatic heterocycles. The van der Waals surface area contributed by atoms with Gasteiger partial charge in [0, 0.05) is 0 Å². The Morgan fingerprint density at radius 1 is 0.792 bits per heavy atom. The van der Waals surface area contributed by atoms with E-state index in [1.807, 2.05) is 24.3 Å². The van der Waals surface area contributed by atoms with Crippen LogP contribution in [0.3, 0.4) is 0 Å². The second kappa shape index (κ2) is 49.8. The maximum absolute atomic E-state index is 7.50. The average molecular weight is 370 g/mol. The Balaban J connectivity index is -0.0000000573. The van der Waals surface area contributed by atoms with Crippen LogP contribution >= 0.6 is 0 Å². The van der Waals surface area contributed by atoms with Gasteiger partial charge in [0.2, 0.25) is 0 Å². The molecule has 0 amide bonds. The third kappa shape index (κ3) is 28.1. The molecule has 0 fully saturated rings. The molecule has 0 saturated heterocycles. The monoisotopic (exact) mass is 370 g/mol. The first-order valence-corrected chi connectivity index (χ1v) is 5.36. The van der Waals surface area contributed by atoms with Crippen LogP contribution in [0.1, 0.15) is 5.56 Å². The molecule has 8 nitrogen and oxygen atoms in total. The predicted molar refractivity (Wildman–Crippen MR) is 67.7 cm³/mol. The molecule has 0 N–H and O–H groups in total. The molecule has 0 unspecified atom stereocenters. The zero-order valence-electron chi connectivity index (χ0n) is 12.5. The van der Waals surface area contributed by atoms with E-state index in [0.29, 0.717) is 0 Å². The van der Waals surface area contributed by atoms with E-state index >= 15 is 0 Å². The standard InChI is InChI=1S/C9H10O2.6CO.Cr/c1-10-7-8-4-3-5-9(6-8)11-2;6*1-2;/h3-6H,1-2H3;;;;;;;. The van der Waals surface area contributed by atoms with E-state index in [2.05, 4.69) is 55.8 Å². The van der Waals surface area contributed by atoms with Crippen LogP contribution in [-0.2, 0) is 48.5 Å². The molecule has 0 aliphatic carbocycles. The van der Waals surface area contributed by atoms with Crippen molar-refractivity contribution in [1.29, 1.82) is 0 Å². The van der Waals surface area contributed by atoms with Crippen molar-refractivity contribution in [3.8, 4) is 5.75 Å². The van der Waals surface area contributed by atoms with Gasteiger partial charge in [0.15, 0.2) is 0 Å². The molecule has 0 atom stereocenters. The third-order valence-electron chi connectivity index (χ3n) is 1.49. The van der Waals surface area contributed by atoms with Gasteiger partial charge in [-0.2, -0.15) is 0 Å². The summed E-state index contributed by atoms with van der Waals surface area (Å²) in [4.78, 5) is 0. The van der Waals surface area contributed by atoms with Gasteiger partial charge in [0.05, 0.1) is 0 Å². The van der Waals surface area contributed by atoms with E-state index in [0.717, 1.165) is 15.9 Å². The average Bonchev–Trinajstić information content (AvgIpc) is 2.76. The van der Waals surface area contributed by atoms with Crippen molar-refractivity contribution in [3.63, 3.8) is 0 Å². The Kier molecular flexibility index (Phi) is 78.4. The topological polar surface area (TPSA) is 138 Å². The fraction of sp³-hybridized carbons (Fsp3) is 0.133. The van der Waals surface area contributed by atoms with E-state index in [9.17, 15) is 0 Å². The molecule has 1 aromatic rings. The first kappa shape index (κ1) is 37.8. The molecule has 1 rings (SSSR count). The minimum atomic E-state index is 0.772. The van der Waals surface area contributed by atoms with Gasteiger partial charge in [0.25, 0.3) is 0 Å². The number of hydrogen-bond acceptors (Lipinski definition) is 2. The first-order valence-electron chi connectivity index (χ1n) is 4.72. The van der Waals surface area contributed by atoms with Crippen LogP contribution in [0.15, 0.2) is 24.3 Å². The van der Waals surface area contributed by atoms with Crippen molar-refractivity contribution in [2.24, 2.45) is 0 Å². The summed E-state index contributed by atoms with van der Waals surface area (Å²) in [7, 11) is 3.27. The molecule has 24 heavy (non-hydrogen) atoms. The van der Waals surface area contributed by atoms with Gasteiger partial charge in [-0.05, 0) is 0 Å². The zero-order chi connectivity index (χ0) is 21.0. The van der Waals surface area contributed by atoms with Crippen LogP contribution in [0.5, 0.6) is 5.75 Å². The Morgan fingerprint density at radius 3 is 1.46 bits per heavy atom. The van der Waals surface area contributed by atoms with E-state index < -0.39 is 0 Å². The molecule has 0 bridgehead atoms. The number of benzene rings is 1. The van der Waals surface area contributed by atoms with Gasteiger partial charge in [-0.25, -0.2) is 0 Å². The molecule has 0 saturated carbocycles. The second-order valence-electron chi connectivity index (χ2n) is 2.22. The fourth-order valence-corrected chi connectivity index (χ4v) is 1.07. The molecule has 0 radical (unpaired) electrons. The van der Waals surface area contributed by atoms with Gasteiger partial charge < -0.3 is 0 Å². The van der Waals surface area contributed by atoms with Crippen molar-refractivity contribution in [1.82, 2.24) is 0 Å². The van der Waals surface area contributed by atoms with E-state index in [4.69, 9.17) is 37.4 Å². The van der Waals surface area contributed by atoms with E-state index in [1.54, 1.807) is 14.2 Å². The summed E-state index contributed by atoms with van der Waals surface area (Å²) in [6.07, 6.45) is 0. The predicted octanol–water partition coefficient (Wildman–Crippen LogP) is 1.14. The summed E-state index contributed by atoms with van der Waals surface area (Å²) >= 11 is 2.83. The number of hydrogen-bond donors (Lipinski definition) is 0. The minimum absolute atomic E-state index is 0.772. The third-order valence-corrected chi connectivity index (χ3v) is 2.12. The summed E-state index contributed by atoms with van der Waals surface area (Å²) in [5, 5.41) is 0. The Bertz CT molecular complexity index is 465. The zero-order valence-corrected chi connectivity index (χ0v) is 13.8. The van der Waals surface area contributed by atoms with Crippen molar-refractivity contribution >= 4 is 4.57 Å². The summed E-state index contributed by atoms with van der Waals surface area (Å²) in [6, 6.07) is 7.68. The summed E-state index contributed by atoms with van der Waals surface area (Å²) in [5.74, 6) is 0.831.